The van der Waals surface area contributed by atoms with Gasteiger partial charge in [0.25, 0.3) is 0 Å². The number of sulfonamides is 1. The van der Waals surface area contributed by atoms with E-state index >= 15 is 0 Å². The maximum atomic E-state index is 11.0. The van der Waals surface area contributed by atoms with Gasteiger partial charge >= 0.3 is 0 Å². The monoisotopic (exact) mass is 244 g/mol. The molecule has 0 amide bonds. The van der Waals surface area contributed by atoms with E-state index in [0.717, 1.165) is 32.2 Å². The van der Waals surface area contributed by atoms with Gasteiger partial charge in [-0.3, -0.25) is 9.40 Å². The lowest BCUT2D eigenvalue weighted by Gasteiger charge is -2.22. The molecule has 1 saturated heterocycles. The van der Waals surface area contributed by atoms with Crippen LogP contribution in [0.1, 0.15) is 18.9 Å². The predicted octanol–water partition coefficient (Wildman–Crippen LogP) is 0.179. The Morgan fingerprint density at radius 3 is 2.81 bits per heavy atom. The van der Waals surface area contributed by atoms with E-state index in [-0.39, 0.29) is 0 Å². The Bertz CT molecular complexity index is 448. The van der Waals surface area contributed by atoms with Gasteiger partial charge in [-0.05, 0) is 25.9 Å². The van der Waals surface area contributed by atoms with Crippen molar-refractivity contribution in [3.05, 3.63) is 12.4 Å². The Labute approximate surface area is 95.1 Å². The second kappa shape index (κ2) is 4.42. The smallest absolute Gasteiger partial charge is 0.229 e. The second-order valence-electron chi connectivity index (χ2n) is 4.06. The first-order valence-electron chi connectivity index (χ1n) is 5.27. The minimum atomic E-state index is -3.21. The average Bonchev–Trinajstić information content (AvgIpc) is 2.65. The molecule has 6 nitrogen and oxygen atoms in total. The topological polar surface area (TPSA) is 76.0 Å². The first kappa shape index (κ1) is 11.4. The van der Waals surface area contributed by atoms with E-state index in [4.69, 9.17) is 0 Å². The lowest BCUT2D eigenvalue weighted by molar-refractivity contribution is 0.343. The van der Waals surface area contributed by atoms with E-state index in [2.05, 4.69) is 15.1 Å². The van der Waals surface area contributed by atoms with Crippen LogP contribution in [0.15, 0.2) is 12.4 Å². The zero-order valence-corrected chi connectivity index (χ0v) is 10.00. The number of piperidine rings is 1. The number of hydrogen-bond acceptors (Lipinski definition) is 4. The lowest BCUT2D eigenvalue weighted by atomic mass is 10.1. The molecule has 0 aliphatic carbocycles. The van der Waals surface area contributed by atoms with Crippen molar-refractivity contribution < 1.29 is 8.42 Å². The Morgan fingerprint density at radius 2 is 2.19 bits per heavy atom. The van der Waals surface area contributed by atoms with Crippen LogP contribution >= 0.6 is 0 Å². The minimum absolute atomic E-state index is 0.372. The van der Waals surface area contributed by atoms with Crippen molar-refractivity contribution >= 4 is 15.7 Å². The highest BCUT2D eigenvalue weighted by Crippen LogP contribution is 2.19. The number of rotatable bonds is 3. The fourth-order valence-corrected chi connectivity index (χ4v) is 2.41. The van der Waals surface area contributed by atoms with Crippen LogP contribution in [-0.4, -0.2) is 37.5 Å². The zero-order chi connectivity index (χ0) is 11.6. The summed E-state index contributed by atoms with van der Waals surface area (Å²) in [7, 11) is -3.21. The van der Waals surface area contributed by atoms with Crippen LogP contribution in [0, 0.1) is 0 Å². The third kappa shape index (κ3) is 2.96. The standard InChI is InChI=1S/C9H16N4O2S/c1-16(14,15)12-8-6-11-13(7-8)9-2-4-10-5-3-9/h6-7,9-10,12H,2-5H2,1H3. The Kier molecular flexibility index (Phi) is 3.15. The molecule has 2 rings (SSSR count). The largest absolute Gasteiger partial charge is 0.317 e. The molecule has 0 radical (unpaired) electrons. The lowest BCUT2D eigenvalue weighted by Crippen LogP contribution is -2.29. The van der Waals surface area contributed by atoms with E-state index in [1.807, 2.05) is 4.68 Å². The molecule has 90 valence electrons. The fraction of sp³-hybridized carbons (Fsp3) is 0.667. The van der Waals surface area contributed by atoms with E-state index in [0.29, 0.717) is 11.7 Å². The number of aromatic nitrogens is 2. The quantitative estimate of drug-likeness (QED) is 0.795. The minimum Gasteiger partial charge on any atom is -0.317 e. The van der Waals surface area contributed by atoms with E-state index in [9.17, 15) is 8.42 Å². The molecule has 1 aliphatic heterocycles. The van der Waals surface area contributed by atoms with E-state index in [1.54, 1.807) is 12.4 Å². The van der Waals surface area contributed by atoms with Crippen LogP contribution in [0.4, 0.5) is 5.69 Å². The highest BCUT2D eigenvalue weighted by atomic mass is 32.2. The van der Waals surface area contributed by atoms with Gasteiger partial charge in [0.2, 0.25) is 10.0 Å². The summed E-state index contributed by atoms with van der Waals surface area (Å²) in [6, 6.07) is 0.372. The summed E-state index contributed by atoms with van der Waals surface area (Å²) in [5.41, 5.74) is 0.529. The predicted molar refractivity (Wildman–Crippen MR) is 61.8 cm³/mol. The van der Waals surface area contributed by atoms with Gasteiger partial charge in [0.15, 0.2) is 0 Å². The van der Waals surface area contributed by atoms with Gasteiger partial charge in [-0.2, -0.15) is 5.10 Å². The van der Waals surface area contributed by atoms with Gasteiger partial charge in [-0.1, -0.05) is 0 Å². The molecule has 1 aliphatic rings. The molecule has 2 N–H and O–H groups in total. The molecule has 7 heteroatoms. The van der Waals surface area contributed by atoms with Crippen molar-refractivity contribution in [3.8, 4) is 0 Å². The van der Waals surface area contributed by atoms with Crippen LogP contribution in [0.3, 0.4) is 0 Å². The van der Waals surface area contributed by atoms with Crippen LogP contribution in [0.2, 0.25) is 0 Å². The number of anilines is 1. The summed E-state index contributed by atoms with van der Waals surface area (Å²) in [4.78, 5) is 0. The van der Waals surface area contributed by atoms with Gasteiger partial charge in [0.1, 0.15) is 0 Å². The van der Waals surface area contributed by atoms with Crippen molar-refractivity contribution in [2.24, 2.45) is 0 Å². The number of nitrogens with zero attached hydrogens (tertiary/aromatic N) is 2. The van der Waals surface area contributed by atoms with Crippen LogP contribution in [-0.2, 0) is 10.0 Å². The highest BCUT2D eigenvalue weighted by Gasteiger charge is 2.16. The molecule has 0 aromatic carbocycles. The molecule has 1 aromatic rings. The SMILES string of the molecule is CS(=O)(=O)Nc1cnn(C2CCNCC2)c1. The van der Waals surface area contributed by atoms with E-state index < -0.39 is 10.0 Å². The first-order valence-corrected chi connectivity index (χ1v) is 7.16. The zero-order valence-electron chi connectivity index (χ0n) is 9.18. The van der Waals surface area contributed by atoms with Gasteiger partial charge in [0.05, 0.1) is 24.2 Å². The normalized spacial score (nSPS) is 18.6. The fourth-order valence-electron chi connectivity index (χ4n) is 1.88. The molecule has 0 saturated carbocycles. The van der Waals surface area contributed by atoms with Crippen molar-refractivity contribution in [2.75, 3.05) is 24.1 Å². The van der Waals surface area contributed by atoms with Crippen molar-refractivity contribution in [2.45, 2.75) is 18.9 Å². The molecule has 16 heavy (non-hydrogen) atoms. The third-order valence-corrected chi connectivity index (χ3v) is 3.19. The highest BCUT2D eigenvalue weighted by molar-refractivity contribution is 7.92. The van der Waals surface area contributed by atoms with Gasteiger partial charge in [-0.25, -0.2) is 8.42 Å². The van der Waals surface area contributed by atoms with Crippen LogP contribution in [0.25, 0.3) is 0 Å². The summed E-state index contributed by atoms with van der Waals surface area (Å²) < 4.78 is 26.3. The molecule has 0 spiro atoms. The van der Waals surface area contributed by atoms with Gasteiger partial charge in [0, 0.05) is 6.20 Å². The summed E-state index contributed by atoms with van der Waals surface area (Å²) in [6.07, 6.45) is 6.48. The average molecular weight is 244 g/mol. The summed E-state index contributed by atoms with van der Waals surface area (Å²) in [5.74, 6) is 0. The Hall–Kier alpha value is -1.08. The Morgan fingerprint density at radius 1 is 1.50 bits per heavy atom. The number of nitrogens with one attached hydrogen (secondary N) is 2. The molecular formula is C9H16N4O2S. The summed E-state index contributed by atoms with van der Waals surface area (Å²) in [5, 5.41) is 7.46. The first-order chi connectivity index (χ1) is 7.54. The van der Waals surface area contributed by atoms with E-state index in [1.165, 1.54) is 0 Å². The van der Waals surface area contributed by atoms with Crippen LogP contribution < -0.4 is 10.0 Å². The van der Waals surface area contributed by atoms with Crippen molar-refractivity contribution in [3.63, 3.8) is 0 Å². The van der Waals surface area contributed by atoms with Crippen LogP contribution in [0.5, 0.6) is 0 Å². The maximum absolute atomic E-state index is 11.0. The molecule has 0 atom stereocenters. The van der Waals surface area contributed by atoms with Gasteiger partial charge in [-0.15, -0.1) is 0 Å². The maximum Gasteiger partial charge on any atom is 0.229 e. The number of hydrogen-bond donors (Lipinski definition) is 2. The molecule has 0 bridgehead atoms. The third-order valence-electron chi connectivity index (χ3n) is 2.59. The summed E-state index contributed by atoms with van der Waals surface area (Å²) >= 11 is 0. The van der Waals surface area contributed by atoms with Gasteiger partial charge < -0.3 is 5.32 Å². The second-order valence-corrected chi connectivity index (χ2v) is 5.81. The molecule has 0 unspecified atom stereocenters. The Balaban J connectivity index is 2.06. The summed E-state index contributed by atoms with van der Waals surface area (Å²) in [6.45, 7) is 1.97. The molecule has 1 aromatic heterocycles. The molecule has 2 heterocycles. The van der Waals surface area contributed by atoms with Crippen molar-refractivity contribution in [1.29, 1.82) is 0 Å². The molecular weight excluding hydrogens is 228 g/mol. The molecule has 1 fully saturated rings. The van der Waals surface area contributed by atoms with Crippen molar-refractivity contribution in [1.82, 2.24) is 15.1 Å².